The molecule has 0 atom stereocenters. The fourth-order valence-electron chi connectivity index (χ4n) is 2.20. The van der Waals surface area contributed by atoms with E-state index in [-0.39, 0.29) is 19.1 Å². The first-order valence-corrected chi connectivity index (χ1v) is 6.91. The largest absolute Gasteiger partial charge is 0.459 e. The number of carbonyl (C=O) groups is 1. The summed E-state index contributed by atoms with van der Waals surface area (Å²) in [4.78, 5) is 20.3. The molecule has 0 unspecified atom stereocenters. The van der Waals surface area contributed by atoms with Crippen LogP contribution in [0.1, 0.15) is 18.0 Å². The van der Waals surface area contributed by atoms with Gasteiger partial charge in [-0.25, -0.2) is 9.50 Å². The topological polar surface area (TPSA) is 85.3 Å². The van der Waals surface area contributed by atoms with Crippen LogP contribution in [0.3, 0.4) is 0 Å². The zero-order valence-electron chi connectivity index (χ0n) is 11.9. The number of hydrogen-bond donors (Lipinski definition) is 1. The van der Waals surface area contributed by atoms with Crippen LogP contribution < -0.4 is 5.32 Å². The van der Waals surface area contributed by atoms with Crippen LogP contribution in [0.25, 0.3) is 16.9 Å². The van der Waals surface area contributed by atoms with E-state index >= 15 is 0 Å². The minimum Gasteiger partial charge on any atom is -0.459 e. The zero-order valence-corrected chi connectivity index (χ0v) is 11.9. The van der Waals surface area contributed by atoms with Crippen molar-refractivity contribution in [3.63, 3.8) is 0 Å². The summed E-state index contributed by atoms with van der Waals surface area (Å²) in [6.07, 6.45) is 6.54. The molecule has 1 amide bonds. The van der Waals surface area contributed by atoms with Gasteiger partial charge < -0.3 is 9.73 Å². The Kier molecular flexibility index (Phi) is 4.07. The maximum atomic E-state index is 12.0. The lowest BCUT2D eigenvalue weighted by Gasteiger charge is -1.99. The molecule has 4 aromatic heterocycles. The van der Waals surface area contributed by atoms with Gasteiger partial charge in [-0.2, -0.15) is 5.10 Å². The van der Waals surface area contributed by atoms with Crippen LogP contribution in [-0.4, -0.2) is 25.5 Å². The summed E-state index contributed by atoms with van der Waals surface area (Å²) in [7, 11) is 0. The van der Waals surface area contributed by atoms with E-state index in [1.165, 1.54) is 6.26 Å². The smallest absolute Gasteiger partial charge is 0.292 e. The lowest BCUT2D eigenvalue weighted by Crippen LogP contribution is -2.10. The highest BCUT2D eigenvalue weighted by Crippen LogP contribution is 2.17. The Morgan fingerprint density at radius 2 is 2.08 bits per heavy atom. The third-order valence-corrected chi connectivity index (χ3v) is 3.26. The van der Waals surface area contributed by atoms with Crippen LogP contribution >= 0.6 is 0 Å². The highest BCUT2D eigenvalue weighted by atomic mass is 16.3. The molecule has 120 valence electrons. The van der Waals surface area contributed by atoms with Gasteiger partial charge in [-0.05, 0) is 36.4 Å². The average Bonchev–Trinajstić information content (AvgIpc) is 3.24. The van der Waals surface area contributed by atoms with Gasteiger partial charge in [0.2, 0.25) is 0 Å². The maximum Gasteiger partial charge on any atom is 0.292 e. The standard InChI is InChI=1S/C16H11N5O2.CH4/c22-16(13-4-2-8-23-13)19-14-10-21-15(18-14)6-5-12(20-21)11-3-1-7-17-9-11;/h1-10H,(H,19,22);1H4. The van der Waals surface area contributed by atoms with E-state index in [0.717, 1.165) is 11.3 Å². The third kappa shape index (κ3) is 2.87. The van der Waals surface area contributed by atoms with Gasteiger partial charge in [0, 0.05) is 18.0 Å². The fourth-order valence-corrected chi connectivity index (χ4v) is 2.20. The molecule has 24 heavy (non-hydrogen) atoms. The van der Waals surface area contributed by atoms with Gasteiger partial charge in [0.25, 0.3) is 5.91 Å². The molecule has 1 N–H and O–H groups in total. The zero-order chi connectivity index (χ0) is 15.6. The summed E-state index contributed by atoms with van der Waals surface area (Å²) in [5.74, 6) is 0.277. The van der Waals surface area contributed by atoms with E-state index in [0.29, 0.717) is 11.5 Å². The lowest BCUT2D eigenvalue weighted by atomic mass is 10.2. The number of furan rings is 1. The van der Waals surface area contributed by atoms with Crippen LogP contribution in [0.5, 0.6) is 0 Å². The molecule has 4 aromatic rings. The summed E-state index contributed by atoms with van der Waals surface area (Å²) >= 11 is 0. The molecule has 0 aliphatic carbocycles. The van der Waals surface area contributed by atoms with Crippen molar-refractivity contribution >= 4 is 17.4 Å². The molecule has 0 aromatic carbocycles. The van der Waals surface area contributed by atoms with Crippen LogP contribution in [0.2, 0.25) is 0 Å². The molecular formula is C17H15N5O2. The highest BCUT2D eigenvalue weighted by Gasteiger charge is 2.11. The molecule has 0 aliphatic rings. The van der Waals surface area contributed by atoms with Crippen LogP contribution in [-0.2, 0) is 0 Å². The Morgan fingerprint density at radius 3 is 2.83 bits per heavy atom. The van der Waals surface area contributed by atoms with Crippen LogP contribution in [0.4, 0.5) is 5.82 Å². The van der Waals surface area contributed by atoms with E-state index in [1.807, 2.05) is 24.3 Å². The number of aromatic nitrogens is 4. The number of fused-ring (bicyclic) bond motifs is 1. The second-order valence-electron chi connectivity index (χ2n) is 4.82. The van der Waals surface area contributed by atoms with Crippen molar-refractivity contribution in [3.8, 4) is 11.3 Å². The van der Waals surface area contributed by atoms with Gasteiger partial charge in [0.1, 0.15) is 0 Å². The molecule has 4 rings (SSSR count). The molecule has 7 heteroatoms. The van der Waals surface area contributed by atoms with Crippen molar-refractivity contribution in [1.82, 2.24) is 19.6 Å². The maximum absolute atomic E-state index is 12.0. The van der Waals surface area contributed by atoms with Gasteiger partial charge >= 0.3 is 0 Å². The minimum absolute atomic E-state index is 0. The summed E-state index contributed by atoms with van der Waals surface area (Å²) in [6, 6.07) is 10.7. The Balaban J connectivity index is 0.00000169. The first-order chi connectivity index (χ1) is 11.3. The molecule has 0 fully saturated rings. The van der Waals surface area contributed by atoms with Crippen molar-refractivity contribution in [3.05, 3.63) is 67.0 Å². The number of carbonyl (C=O) groups excluding carboxylic acids is 1. The van der Waals surface area contributed by atoms with Crippen molar-refractivity contribution < 1.29 is 9.21 Å². The highest BCUT2D eigenvalue weighted by molar-refractivity contribution is 6.01. The Hall–Kier alpha value is -3.48. The summed E-state index contributed by atoms with van der Waals surface area (Å²) in [5, 5.41) is 7.15. The minimum atomic E-state index is -0.356. The summed E-state index contributed by atoms with van der Waals surface area (Å²) < 4.78 is 6.66. The number of nitrogens with zero attached hydrogens (tertiary/aromatic N) is 4. The number of rotatable bonds is 3. The van der Waals surface area contributed by atoms with Gasteiger partial charge in [-0.1, -0.05) is 7.43 Å². The van der Waals surface area contributed by atoms with Gasteiger partial charge in [0.05, 0.1) is 18.2 Å². The predicted molar refractivity (Wildman–Crippen MR) is 89.6 cm³/mol. The molecule has 0 radical (unpaired) electrons. The molecule has 0 bridgehead atoms. The average molecular weight is 321 g/mol. The monoisotopic (exact) mass is 321 g/mol. The van der Waals surface area contributed by atoms with Crippen LogP contribution in [0.15, 0.2) is 65.7 Å². The molecule has 0 aliphatic heterocycles. The van der Waals surface area contributed by atoms with Gasteiger partial charge in [0.15, 0.2) is 17.2 Å². The molecule has 4 heterocycles. The number of imidazole rings is 1. The first-order valence-electron chi connectivity index (χ1n) is 6.91. The van der Waals surface area contributed by atoms with Gasteiger partial charge in [-0.15, -0.1) is 0 Å². The number of nitrogens with one attached hydrogen (secondary N) is 1. The quantitative estimate of drug-likeness (QED) is 0.626. The third-order valence-electron chi connectivity index (χ3n) is 3.26. The van der Waals surface area contributed by atoms with Crippen molar-refractivity contribution in [2.45, 2.75) is 7.43 Å². The molecule has 0 saturated carbocycles. The molecular weight excluding hydrogens is 306 g/mol. The predicted octanol–water partition coefficient (Wildman–Crippen LogP) is 3.27. The van der Waals surface area contributed by atoms with Gasteiger partial charge in [-0.3, -0.25) is 9.78 Å². The summed E-state index contributed by atoms with van der Waals surface area (Å²) in [5.41, 5.74) is 2.31. The van der Waals surface area contributed by atoms with E-state index in [4.69, 9.17) is 4.42 Å². The molecule has 7 nitrogen and oxygen atoms in total. The van der Waals surface area contributed by atoms with Crippen molar-refractivity contribution in [2.24, 2.45) is 0 Å². The normalized spacial score (nSPS) is 10.3. The number of amides is 1. The van der Waals surface area contributed by atoms with E-state index in [1.54, 1.807) is 35.2 Å². The van der Waals surface area contributed by atoms with Crippen molar-refractivity contribution in [2.75, 3.05) is 5.32 Å². The second kappa shape index (κ2) is 6.33. The Morgan fingerprint density at radius 1 is 1.17 bits per heavy atom. The SMILES string of the molecule is C.O=C(Nc1cn2nc(-c3cccnc3)ccc2n1)c1ccco1. The Bertz CT molecular complexity index is 961. The fraction of sp³-hybridized carbons (Fsp3) is 0.0588. The molecule has 0 spiro atoms. The van der Waals surface area contributed by atoms with E-state index < -0.39 is 0 Å². The number of pyridine rings is 1. The number of anilines is 1. The van der Waals surface area contributed by atoms with Crippen molar-refractivity contribution in [1.29, 1.82) is 0 Å². The summed E-state index contributed by atoms with van der Waals surface area (Å²) in [6.45, 7) is 0. The second-order valence-corrected chi connectivity index (χ2v) is 4.82. The lowest BCUT2D eigenvalue weighted by molar-refractivity contribution is 0.0996. The van der Waals surface area contributed by atoms with E-state index in [2.05, 4.69) is 20.4 Å². The van der Waals surface area contributed by atoms with Crippen LogP contribution in [0, 0.1) is 0 Å². The molecule has 0 saturated heterocycles. The first kappa shape index (κ1) is 15.4. The Labute approximate surface area is 138 Å². The van der Waals surface area contributed by atoms with E-state index in [9.17, 15) is 4.79 Å². The number of hydrogen-bond acceptors (Lipinski definition) is 5.